The van der Waals surface area contributed by atoms with Crippen molar-refractivity contribution < 1.29 is 12.8 Å². The number of nitrogens with zero attached hydrogens (tertiary/aromatic N) is 2. The second-order valence-corrected chi connectivity index (χ2v) is 9.14. The predicted octanol–water partition coefficient (Wildman–Crippen LogP) is 3.10. The maximum atomic E-state index is 13.0. The molecule has 4 heterocycles. The fourth-order valence-electron chi connectivity index (χ4n) is 4.22. The van der Waals surface area contributed by atoms with Crippen molar-refractivity contribution in [2.75, 3.05) is 13.1 Å². The Morgan fingerprint density at radius 2 is 1.92 bits per heavy atom. The molecule has 2 aliphatic heterocycles. The highest BCUT2D eigenvalue weighted by molar-refractivity contribution is 7.92. The monoisotopic (exact) mass is 366 g/mol. The Bertz CT molecular complexity index is 1050. The van der Waals surface area contributed by atoms with E-state index in [0.29, 0.717) is 11.4 Å². The largest absolute Gasteiger partial charge is 0.472 e. The average Bonchev–Trinajstić information content (AvgIpc) is 3.36. The van der Waals surface area contributed by atoms with Crippen molar-refractivity contribution in [3.05, 3.63) is 72.4 Å². The van der Waals surface area contributed by atoms with Crippen LogP contribution in [-0.2, 0) is 16.4 Å². The van der Waals surface area contributed by atoms with E-state index in [2.05, 4.69) is 9.88 Å². The topological polar surface area (TPSA) is 63.4 Å². The molecule has 2 unspecified atom stereocenters. The third-order valence-electron chi connectivity index (χ3n) is 5.46. The van der Waals surface area contributed by atoms with Crippen LogP contribution in [-0.4, -0.2) is 36.6 Å². The minimum absolute atomic E-state index is 0.0312. The van der Waals surface area contributed by atoms with E-state index in [-0.39, 0.29) is 11.2 Å². The molecule has 0 spiro atoms. The summed E-state index contributed by atoms with van der Waals surface area (Å²) in [6, 6.07) is 11.5. The molecule has 1 aromatic carbocycles. The van der Waals surface area contributed by atoms with E-state index in [1.54, 1.807) is 31.0 Å². The summed E-state index contributed by atoms with van der Waals surface area (Å²) in [5, 5.41) is -0.350. The van der Waals surface area contributed by atoms with Crippen molar-refractivity contribution in [2.24, 2.45) is 0 Å². The van der Waals surface area contributed by atoms with Gasteiger partial charge in [0.25, 0.3) is 0 Å². The van der Waals surface area contributed by atoms with Crippen LogP contribution in [0.4, 0.5) is 0 Å². The predicted molar refractivity (Wildman–Crippen MR) is 97.4 cm³/mol. The number of aromatic nitrogens is 1. The van der Waals surface area contributed by atoms with Gasteiger partial charge in [0.1, 0.15) is 0 Å². The minimum Gasteiger partial charge on any atom is -0.472 e. The lowest BCUT2D eigenvalue weighted by Crippen LogP contribution is -2.25. The van der Waals surface area contributed by atoms with Crippen molar-refractivity contribution in [1.29, 1.82) is 0 Å². The lowest BCUT2D eigenvalue weighted by molar-refractivity contribution is 0.324. The zero-order valence-electron chi connectivity index (χ0n) is 14.1. The molecule has 0 amide bonds. The number of hydrogen-bond donors (Lipinski definition) is 0. The highest BCUT2D eigenvalue weighted by Gasteiger charge is 2.50. The third-order valence-corrected chi connectivity index (χ3v) is 7.72. The van der Waals surface area contributed by atoms with Crippen molar-refractivity contribution in [3.63, 3.8) is 0 Å². The lowest BCUT2D eigenvalue weighted by Gasteiger charge is -2.16. The van der Waals surface area contributed by atoms with Gasteiger partial charge in [-0.25, -0.2) is 8.42 Å². The molecule has 5 nitrogen and oxygen atoms in total. The number of benzene rings is 1. The Labute approximate surface area is 152 Å². The van der Waals surface area contributed by atoms with Crippen LogP contribution >= 0.6 is 0 Å². The molecule has 0 N–H and O–H groups in total. The minimum atomic E-state index is -3.27. The zero-order chi connectivity index (χ0) is 17.7. The number of sulfone groups is 1. The van der Waals surface area contributed by atoms with Gasteiger partial charge < -0.3 is 4.42 Å². The molecule has 0 bridgehead atoms. The quantitative estimate of drug-likeness (QED) is 0.713. The zero-order valence-corrected chi connectivity index (χ0v) is 14.9. The van der Waals surface area contributed by atoms with Crippen LogP contribution in [0.1, 0.15) is 17.0 Å². The Morgan fingerprint density at radius 3 is 2.69 bits per heavy atom. The summed E-state index contributed by atoms with van der Waals surface area (Å²) in [6.45, 7) is 2.04. The molecule has 0 aliphatic carbocycles. The first-order valence-electron chi connectivity index (χ1n) is 8.64. The van der Waals surface area contributed by atoms with Crippen molar-refractivity contribution in [2.45, 2.75) is 22.6 Å². The van der Waals surface area contributed by atoms with Crippen molar-refractivity contribution in [1.82, 2.24) is 9.88 Å². The van der Waals surface area contributed by atoms with Crippen LogP contribution in [0.25, 0.3) is 11.1 Å². The number of pyridine rings is 1. The highest BCUT2D eigenvalue weighted by Crippen LogP contribution is 2.46. The van der Waals surface area contributed by atoms with Crippen molar-refractivity contribution >= 4 is 9.84 Å². The summed E-state index contributed by atoms with van der Waals surface area (Å²) in [5.41, 5.74) is 4.12. The van der Waals surface area contributed by atoms with E-state index in [1.807, 2.05) is 30.3 Å². The second kappa shape index (κ2) is 5.79. The van der Waals surface area contributed by atoms with Crippen LogP contribution in [0.15, 0.2) is 70.6 Å². The molecule has 2 atom stereocenters. The van der Waals surface area contributed by atoms with Crippen LogP contribution in [0.5, 0.6) is 0 Å². The van der Waals surface area contributed by atoms with E-state index in [4.69, 9.17) is 4.42 Å². The Morgan fingerprint density at radius 1 is 1.08 bits per heavy atom. The lowest BCUT2D eigenvalue weighted by atomic mass is 9.95. The SMILES string of the molecule is O=S1(=O)c2ccc(-c3ccncc3)cc2C2CN(Cc3ccoc3)CC21. The molecule has 3 aromatic rings. The fraction of sp³-hybridized carbons (Fsp3) is 0.250. The van der Waals surface area contributed by atoms with E-state index in [1.165, 1.54) is 0 Å². The van der Waals surface area contributed by atoms with E-state index in [0.717, 1.165) is 35.3 Å². The molecule has 2 aromatic heterocycles. The number of rotatable bonds is 3. The molecule has 5 rings (SSSR count). The highest BCUT2D eigenvalue weighted by atomic mass is 32.2. The molecule has 132 valence electrons. The number of fused-ring (bicyclic) bond motifs is 3. The van der Waals surface area contributed by atoms with E-state index in [9.17, 15) is 8.42 Å². The first kappa shape index (κ1) is 15.8. The Kier molecular flexibility index (Phi) is 3.52. The van der Waals surface area contributed by atoms with Crippen molar-refractivity contribution in [3.8, 4) is 11.1 Å². The van der Waals surface area contributed by atoms with Gasteiger partial charge in [0.15, 0.2) is 9.84 Å². The Balaban J connectivity index is 1.51. The Hall–Kier alpha value is -2.44. The standard InChI is InChI=1S/C20H18N2O3S/c23-26(24)19-2-1-16(15-3-6-21-7-4-15)9-17(19)18-11-22(12-20(18)26)10-14-5-8-25-13-14/h1-9,13,18,20H,10-12H2. The summed E-state index contributed by atoms with van der Waals surface area (Å²) in [7, 11) is -3.27. The molecule has 6 heteroatoms. The van der Waals surface area contributed by atoms with Crippen LogP contribution in [0, 0.1) is 0 Å². The number of furan rings is 1. The number of likely N-dealkylation sites (tertiary alicyclic amines) is 1. The molecule has 0 saturated carbocycles. The molecule has 2 aliphatic rings. The second-order valence-electron chi connectivity index (χ2n) is 7.00. The first-order valence-corrected chi connectivity index (χ1v) is 10.2. The molecule has 0 radical (unpaired) electrons. The summed E-state index contributed by atoms with van der Waals surface area (Å²) < 4.78 is 31.1. The van der Waals surface area contributed by atoms with Gasteiger partial charge in [0.2, 0.25) is 0 Å². The summed E-state index contributed by atoms with van der Waals surface area (Å²) >= 11 is 0. The smallest absolute Gasteiger partial charge is 0.183 e. The molecule has 1 fully saturated rings. The molecular weight excluding hydrogens is 348 g/mol. The summed E-state index contributed by atoms with van der Waals surface area (Å²) in [6.07, 6.45) is 6.88. The van der Waals surface area contributed by atoms with Gasteiger partial charge in [-0.1, -0.05) is 6.07 Å². The third kappa shape index (κ3) is 2.40. The molecular formula is C20H18N2O3S. The maximum absolute atomic E-state index is 13.0. The van der Waals surface area contributed by atoms with Crippen LogP contribution in [0.2, 0.25) is 0 Å². The number of hydrogen-bond acceptors (Lipinski definition) is 5. The normalized spacial score (nSPS) is 23.7. The fourth-order valence-corrected chi connectivity index (χ4v) is 6.41. The van der Waals surface area contributed by atoms with Gasteiger partial charge in [-0.15, -0.1) is 0 Å². The van der Waals surface area contributed by atoms with Gasteiger partial charge in [0, 0.05) is 43.5 Å². The van der Waals surface area contributed by atoms with Gasteiger partial charge in [-0.3, -0.25) is 9.88 Å². The van der Waals surface area contributed by atoms with Gasteiger partial charge in [0.05, 0.1) is 22.7 Å². The van der Waals surface area contributed by atoms with E-state index < -0.39 is 9.84 Å². The first-order chi connectivity index (χ1) is 12.6. The van der Waals surface area contributed by atoms with E-state index >= 15 is 0 Å². The van der Waals surface area contributed by atoms with Gasteiger partial charge in [-0.2, -0.15) is 0 Å². The summed E-state index contributed by atoms with van der Waals surface area (Å²) in [5.74, 6) is 0.0312. The maximum Gasteiger partial charge on any atom is 0.183 e. The molecule has 26 heavy (non-hydrogen) atoms. The van der Waals surface area contributed by atoms with Gasteiger partial charge in [-0.05, 0) is 47.0 Å². The average molecular weight is 366 g/mol. The van der Waals surface area contributed by atoms with Gasteiger partial charge >= 0.3 is 0 Å². The summed E-state index contributed by atoms with van der Waals surface area (Å²) in [4.78, 5) is 6.77. The molecule has 1 saturated heterocycles. The van der Waals surface area contributed by atoms with Crippen LogP contribution < -0.4 is 0 Å². The van der Waals surface area contributed by atoms with Crippen LogP contribution in [0.3, 0.4) is 0 Å².